The summed E-state index contributed by atoms with van der Waals surface area (Å²) in [5.41, 5.74) is 5.71. The Morgan fingerprint density at radius 2 is 1.57 bits per heavy atom. The van der Waals surface area contributed by atoms with Crippen molar-refractivity contribution in [1.29, 1.82) is 0 Å². The van der Waals surface area contributed by atoms with Gasteiger partial charge in [-0.2, -0.15) is 0 Å². The van der Waals surface area contributed by atoms with E-state index in [0.29, 0.717) is 4.80 Å². The lowest BCUT2D eigenvalue weighted by Gasteiger charge is -2.05. The Morgan fingerprint density at radius 1 is 0.900 bits per heavy atom. The van der Waals surface area contributed by atoms with Crippen LogP contribution in [0.5, 0.6) is 5.88 Å². The molecule has 0 bridgehead atoms. The normalized spacial score (nSPS) is 14.8. The van der Waals surface area contributed by atoms with Crippen molar-refractivity contribution in [2.24, 2.45) is 9.98 Å². The Hall–Kier alpha value is -3.70. The van der Waals surface area contributed by atoms with Gasteiger partial charge in [-0.1, -0.05) is 65.9 Å². The molecule has 1 N–H and O–H groups in total. The number of allylic oxidation sites excluding steroid dienone is 1. The van der Waals surface area contributed by atoms with E-state index >= 15 is 0 Å². The van der Waals surface area contributed by atoms with Gasteiger partial charge in [0.25, 0.3) is 0 Å². The minimum absolute atomic E-state index is 0.172. The average Bonchev–Trinajstić information content (AvgIpc) is 3.26. The van der Waals surface area contributed by atoms with Gasteiger partial charge >= 0.3 is 0 Å². The maximum Gasteiger partial charge on any atom is 0.215 e. The van der Waals surface area contributed by atoms with Crippen LogP contribution in [0, 0.1) is 0 Å². The first-order valence-corrected chi connectivity index (χ1v) is 10.5. The van der Waals surface area contributed by atoms with Gasteiger partial charge in [-0.05, 0) is 43.3 Å². The number of nitrogens with zero attached hydrogens (tertiary/aromatic N) is 3. The van der Waals surface area contributed by atoms with Gasteiger partial charge in [-0.25, -0.2) is 4.99 Å². The summed E-state index contributed by atoms with van der Waals surface area (Å²) in [6, 6.07) is 27.6. The molecule has 1 aromatic heterocycles. The number of thiazole rings is 1. The molecular weight excluding hydrogens is 390 g/mol. The summed E-state index contributed by atoms with van der Waals surface area (Å²) >= 11 is 1.45. The highest BCUT2D eigenvalue weighted by molar-refractivity contribution is 7.10. The van der Waals surface area contributed by atoms with Crippen molar-refractivity contribution in [1.82, 2.24) is 4.57 Å². The van der Waals surface area contributed by atoms with E-state index in [4.69, 9.17) is 4.99 Å². The number of aromatic hydroxyl groups is 1. The van der Waals surface area contributed by atoms with Gasteiger partial charge in [0.2, 0.25) is 5.88 Å². The lowest BCUT2D eigenvalue weighted by molar-refractivity contribution is 0.439. The third kappa shape index (κ3) is 3.29. The molecule has 4 nitrogen and oxygen atoms in total. The van der Waals surface area contributed by atoms with Crippen LogP contribution in [0.15, 0.2) is 94.9 Å². The fraction of sp³-hybridized carbons (Fsp3) is 0.0400. The summed E-state index contributed by atoms with van der Waals surface area (Å²) in [5.74, 6) is 0.172. The zero-order valence-corrected chi connectivity index (χ0v) is 17.2. The maximum atomic E-state index is 11.2. The smallest absolute Gasteiger partial charge is 0.215 e. The standard InChI is InChI=1S/C25H19N3OS/c1-17-21(20-14-8-9-15-22(20)26-17)16-23-24(29)28(19-12-6-3-7-13-19)25(30-23)27-18-10-4-2-5-11-18/h2-16,29H,1H3/b21-16-,27-25?. The molecule has 0 saturated carbocycles. The number of aliphatic imine (C=N–C) groups is 1. The molecule has 0 aliphatic carbocycles. The first-order valence-electron chi connectivity index (χ1n) is 9.67. The zero-order chi connectivity index (χ0) is 20.5. The van der Waals surface area contributed by atoms with Gasteiger partial charge in [0, 0.05) is 16.8 Å². The summed E-state index contributed by atoms with van der Waals surface area (Å²) in [6.45, 7) is 2.00. The molecule has 0 radical (unpaired) electrons. The topological polar surface area (TPSA) is 49.9 Å². The molecule has 5 rings (SSSR count). The van der Waals surface area contributed by atoms with Crippen molar-refractivity contribution < 1.29 is 5.11 Å². The largest absolute Gasteiger partial charge is 0.493 e. The van der Waals surface area contributed by atoms with Crippen molar-refractivity contribution in [3.8, 4) is 11.6 Å². The van der Waals surface area contributed by atoms with E-state index in [9.17, 15) is 5.11 Å². The van der Waals surface area contributed by atoms with Crippen molar-refractivity contribution >= 4 is 40.1 Å². The van der Waals surface area contributed by atoms with Crippen LogP contribution in [0.1, 0.15) is 17.4 Å². The second kappa shape index (κ2) is 7.61. The van der Waals surface area contributed by atoms with Crippen LogP contribution in [0.4, 0.5) is 11.4 Å². The van der Waals surface area contributed by atoms with Crippen LogP contribution < -0.4 is 4.80 Å². The number of hydrogen-bond acceptors (Lipinski definition) is 4. The summed E-state index contributed by atoms with van der Waals surface area (Å²) in [7, 11) is 0. The quantitative estimate of drug-likeness (QED) is 0.435. The molecule has 1 aliphatic heterocycles. The van der Waals surface area contributed by atoms with Gasteiger partial charge in [0.1, 0.15) is 0 Å². The van der Waals surface area contributed by atoms with Crippen LogP contribution in [-0.2, 0) is 0 Å². The first kappa shape index (κ1) is 18.3. The van der Waals surface area contributed by atoms with Gasteiger partial charge in [0.15, 0.2) is 4.80 Å². The Morgan fingerprint density at radius 3 is 2.33 bits per heavy atom. The number of fused-ring (bicyclic) bond motifs is 1. The average molecular weight is 410 g/mol. The van der Waals surface area contributed by atoms with Crippen molar-refractivity contribution in [3.05, 3.63) is 100 Å². The molecule has 0 fully saturated rings. The molecule has 30 heavy (non-hydrogen) atoms. The zero-order valence-electron chi connectivity index (χ0n) is 16.4. The van der Waals surface area contributed by atoms with E-state index in [1.54, 1.807) is 4.57 Å². The number of aromatic nitrogens is 1. The minimum Gasteiger partial charge on any atom is -0.493 e. The third-order valence-corrected chi connectivity index (χ3v) is 5.94. The summed E-state index contributed by atoms with van der Waals surface area (Å²) < 4.78 is 1.79. The summed E-state index contributed by atoms with van der Waals surface area (Å²) in [4.78, 5) is 10.9. The van der Waals surface area contributed by atoms with E-state index < -0.39 is 0 Å². The van der Waals surface area contributed by atoms with E-state index in [1.165, 1.54) is 11.3 Å². The van der Waals surface area contributed by atoms with Crippen molar-refractivity contribution in [2.45, 2.75) is 6.92 Å². The second-order valence-corrected chi connectivity index (χ2v) is 7.97. The first-order chi connectivity index (χ1) is 14.7. The highest BCUT2D eigenvalue weighted by Gasteiger charge is 2.20. The monoisotopic (exact) mass is 409 g/mol. The van der Waals surface area contributed by atoms with Gasteiger partial charge < -0.3 is 5.11 Å². The lowest BCUT2D eigenvalue weighted by atomic mass is 10.0. The second-order valence-electron chi connectivity index (χ2n) is 6.96. The molecule has 5 heteroatoms. The van der Waals surface area contributed by atoms with Crippen LogP contribution in [-0.4, -0.2) is 15.4 Å². The number of para-hydroxylation sites is 3. The third-order valence-electron chi connectivity index (χ3n) is 4.97. The molecule has 4 aromatic rings. The predicted molar refractivity (Wildman–Crippen MR) is 124 cm³/mol. The van der Waals surface area contributed by atoms with Crippen LogP contribution >= 0.6 is 11.3 Å². The van der Waals surface area contributed by atoms with Gasteiger partial charge in [-0.3, -0.25) is 9.56 Å². The molecular formula is C25H19N3OS. The molecule has 0 atom stereocenters. The predicted octanol–water partition coefficient (Wildman–Crippen LogP) is 6.12. The Balaban J connectivity index is 1.72. The number of hydrogen-bond donors (Lipinski definition) is 1. The van der Waals surface area contributed by atoms with E-state index in [2.05, 4.69) is 11.1 Å². The van der Waals surface area contributed by atoms with Gasteiger partial charge in [-0.15, -0.1) is 0 Å². The summed E-state index contributed by atoms with van der Waals surface area (Å²) in [6.07, 6.45) is 2.01. The highest BCUT2D eigenvalue weighted by atomic mass is 32.1. The fourth-order valence-electron chi connectivity index (χ4n) is 3.53. The molecule has 2 heterocycles. The minimum atomic E-state index is 0.172. The SMILES string of the molecule is CC1=Nc2ccccc2/C1=C\c1sc(=Nc2ccccc2)n(-c2ccccc2)c1O. The van der Waals surface area contributed by atoms with Crippen LogP contribution in [0.25, 0.3) is 17.3 Å². The van der Waals surface area contributed by atoms with Crippen LogP contribution in [0.2, 0.25) is 0 Å². The van der Waals surface area contributed by atoms with Gasteiger partial charge in [0.05, 0.1) is 21.9 Å². The molecule has 1 aliphatic rings. The van der Waals surface area contributed by atoms with Crippen molar-refractivity contribution in [2.75, 3.05) is 0 Å². The van der Waals surface area contributed by atoms with Crippen LogP contribution in [0.3, 0.4) is 0 Å². The van der Waals surface area contributed by atoms with E-state index in [1.807, 2.05) is 91.9 Å². The Bertz CT molecular complexity index is 1350. The maximum absolute atomic E-state index is 11.2. The number of rotatable bonds is 3. The fourth-order valence-corrected chi connectivity index (χ4v) is 4.52. The van der Waals surface area contributed by atoms with E-state index in [0.717, 1.165) is 38.8 Å². The number of benzene rings is 3. The van der Waals surface area contributed by atoms with Crippen molar-refractivity contribution in [3.63, 3.8) is 0 Å². The Labute approximate surface area is 178 Å². The highest BCUT2D eigenvalue weighted by Crippen LogP contribution is 2.37. The molecule has 3 aromatic carbocycles. The molecule has 146 valence electrons. The molecule has 0 unspecified atom stereocenters. The lowest BCUT2D eigenvalue weighted by Crippen LogP contribution is -2.11. The molecule has 0 spiro atoms. The molecule has 0 saturated heterocycles. The Kier molecular flexibility index (Phi) is 4.65. The van der Waals surface area contributed by atoms with E-state index in [-0.39, 0.29) is 5.88 Å². The summed E-state index contributed by atoms with van der Waals surface area (Å²) in [5, 5.41) is 11.2. The molecule has 0 amide bonds.